The SMILES string of the molecule is O=C(O)c1ccc(NC(=O)C(CC2CCCCC2)n2cc(C(F)(F)F)ncc2=O)nc1. The number of aromatic carboxylic acids is 1. The van der Waals surface area contributed by atoms with Crippen LogP contribution in [0.3, 0.4) is 0 Å². The first-order valence-electron chi connectivity index (χ1n) is 9.80. The van der Waals surface area contributed by atoms with E-state index in [-0.39, 0.29) is 23.7 Å². The van der Waals surface area contributed by atoms with Gasteiger partial charge in [0.1, 0.15) is 11.9 Å². The lowest BCUT2D eigenvalue weighted by atomic mass is 9.84. The third-order valence-corrected chi connectivity index (χ3v) is 5.30. The number of carbonyl (C=O) groups is 2. The molecule has 11 heteroatoms. The zero-order chi connectivity index (χ0) is 22.6. The smallest absolute Gasteiger partial charge is 0.434 e. The van der Waals surface area contributed by atoms with Crippen molar-refractivity contribution in [3.63, 3.8) is 0 Å². The van der Waals surface area contributed by atoms with Crippen molar-refractivity contribution in [2.75, 3.05) is 5.32 Å². The minimum Gasteiger partial charge on any atom is -0.478 e. The highest BCUT2D eigenvalue weighted by molar-refractivity contribution is 5.93. The van der Waals surface area contributed by atoms with Crippen LogP contribution in [0.25, 0.3) is 0 Å². The third-order valence-electron chi connectivity index (χ3n) is 5.30. The van der Waals surface area contributed by atoms with E-state index in [1.54, 1.807) is 0 Å². The van der Waals surface area contributed by atoms with E-state index < -0.39 is 35.3 Å². The highest BCUT2D eigenvalue weighted by atomic mass is 19.4. The maximum atomic E-state index is 13.1. The Kier molecular flexibility index (Phi) is 6.71. The maximum Gasteiger partial charge on any atom is 0.434 e. The van der Waals surface area contributed by atoms with Crippen LogP contribution in [0.15, 0.2) is 35.5 Å². The Bertz CT molecular complexity index is 999. The second kappa shape index (κ2) is 9.27. The first-order valence-corrected chi connectivity index (χ1v) is 9.80. The molecule has 8 nitrogen and oxygen atoms in total. The van der Waals surface area contributed by atoms with Gasteiger partial charge < -0.3 is 10.4 Å². The molecule has 3 rings (SSSR count). The summed E-state index contributed by atoms with van der Waals surface area (Å²) < 4.78 is 40.2. The molecule has 0 radical (unpaired) electrons. The van der Waals surface area contributed by atoms with Gasteiger partial charge in [-0.3, -0.25) is 14.2 Å². The van der Waals surface area contributed by atoms with Crippen LogP contribution >= 0.6 is 0 Å². The Morgan fingerprint density at radius 3 is 2.45 bits per heavy atom. The van der Waals surface area contributed by atoms with Crippen molar-refractivity contribution in [2.24, 2.45) is 5.92 Å². The molecule has 1 amide bonds. The van der Waals surface area contributed by atoms with Crippen LogP contribution in [0.2, 0.25) is 0 Å². The molecule has 166 valence electrons. The molecule has 2 heterocycles. The molecule has 1 aliphatic rings. The number of carboxylic acids is 1. The molecule has 0 aromatic carbocycles. The van der Waals surface area contributed by atoms with Gasteiger partial charge >= 0.3 is 12.1 Å². The van der Waals surface area contributed by atoms with E-state index in [0.717, 1.165) is 42.9 Å². The molecule has 2 aromatic rings. The van der Waals surface area contributed by atoms with Crippen LogP contribution in [0.4, 0.5) is 19.0 Å². The lowest BCUT2D eigenvalue weighted by Gasteiger charge is -2.27. The minimum atomic E-state index is -4.77. The molecule has 0 spiro atoms. The summed E-state index contributed by atoms with van der Waals surface area (Å²) in [5.41, 5.74) is -2.17. The van der Waals surface area contributed by atoms with Gasteiger partial charge in [-0.2, -0.15) is 13.2 Å². The van der Waals surface area contributed by atoms with Crippen LogP contribution in [-0.4, -0.2) is 31.5 Å². The largest absolute Gasteiger partial charge is 0.478 e. The monoisotopic (exact) mass is 438 g/mol. The molecule has 1 saturated carbocycles. The summed E-state index contributed by atoms with van der Waals surface area (Å²) in [5.74, 6) is -1.78. The predicted octanol–water partition coefficient (Wildman–Crippen LogP) is 3.51. The van der Waals surface area contributed by atoms with Crippen LogP contribution in [-0.2, 0) is 11.0 Å². The van der Waals surface area contributed by atoms with Gasteiger partial charge in [0.2, 0.25) is 5.91 Å². The minimum absolute atomic E-state index is 0.0294. The van der Waals surface area contributed by atoms with Crippen molar-refractivity contribution in [3.8, 4) is 0 Å². The second-order valence-electron chi connectivity index (χ2n) is 7.50. The Morgan fingerprint density at radius 2 is 1.87 bits per heavy atom. The number of pyridine rings is 1. The van der Waals surface area contributed by atoms with Crippen molar-refractivity contribution in [1.82, 2.24) is 14.5 Å². The average Bonchev–Trinajstić information content (AvgIpc) is 2.73. The van der Waals surface area contributed by atoms with Crippen molar-refractivity contribution in [2.45, 2.75) is 50.7 Å². The third kappa shape index (κ3) is 5.68. The van der Waals surface area contributed by atoms with Gasteiger partial charge in [0.15, 0.2) is 5.69 Å². The molecule has 1 aliphatic carbocycles. The number of carbonyl (C=O) groups excluding carboxylic acids is 1. The Hall–Kier alpha value is -3.24. The van der Waals surface area contributed by atoms with Gasteiger partial charge in [0.25, 0.3) is 5.56 Å². The van der Waals surface area contributed by atoms with Gasteiger partial charge in [-0.1, -0.05) is 32.1 Å². The Labute approximate surface area is 175 Å². The number of rotatable bonds is 6. The summed E-state index contributed by atoms with van der Waals surface area (Å²) in [6.07, 6.45) is 2.21. The summed E-state index contributed by atoms with van der Waals surface area (Å²) in [6.45, 7) is 0. The van der Waals surface area contributed by atoms with Gasteiger partial charge in [-0.05, 0) is 24.5 Å². The van der Waals surface area contributed by atoms with Crippen molar-refractivity contribution >= 4 is 17.7 Å². The highest BCUT2D eigenvalue weighted by Gasteiger charge is 2.35. The van der Waals surface area contributed by atoms with Crippen LogP contribution in [0.1, 0.15) is 60.6 Å². The van der Waals surface area contributed by atoms with Crippen LogP contribution in [0.5, 0.6) is 0 Å². The van der Waals surface area contributed by atoms with Crippen molar-refractivity contribution in [3.05, 3.63) is 52.3 Å². The lowest BCUT2D eigenvalue weighted by molar-refractivity contribution is -0.142. The van der Waals surface area contributed by atoms with E-state index >= 15 is 0 Å². The van der Waals surface area contributed by atoms with Gasteiger partial charge in [0.05, 0.1) is 11.8 Å². The number of hydrogen-bond acceptors (Lipinski definition) is 5. The van der Waals surface area contributed by atoms with Crippen molar-refractivity contribution in [1.29, 1.82) is 0 Å². The second-order valence-corrected chi connectivity index (χ2v) is 7.50. The number of anilines is 1. The normalized spacial score (nSPS) is 16.0. The fourth-order valence-electron chi connectivity index (χ4n) is 3.70. The fourth-order valence-corrected chi connectivity index (χ4v) is 3.70. The standard InChI is InChI=1S/C20H21F3N4O4/c21-20(22,23)15-11-27(17(28)10-24-15)14(8-12-4-2-1-3-5-12)18(29)26-16-7-6-13(9-25-16)19(30)31/h6-7,9-12,14H,1-5,8H2,(H,30,31)(H,25,26,29). The van der Waals surface area contributed by atoms with Crippen LogP contribution < -0.4 is 10.9 Å². The molecule has 2 aromatic heterocycles. The number of nitrogens with one attached hydrogen (secondary N) is 1. The number of halogens is 3. The van der Waals surface area contributed by atoms with E-state index in [9.17, 15) is 27.6 Å². The molecule has 2 N–H and O–H groups in total. The van der Waals surface area contributed by atoms with E-state index in [0.29, 0.717) is 12.4 Å². The van der Waals surface area contributed by atoms with Gasteiger partial charge in [0, 0.05) is 12.4 Å². The zero-order valence-electron chi connectivity index (χ0n) is 16.4. The number of nitrogens with zero attached hydrogens (tertiary/aromatic N) is 3. The molecule has 0 aliphatic heterocycles. The quantitative estimate of drug-likeness (QED) is 0.714. The average molecular weight is 438 g/mol. The number of amides is 1. The van der Waals surface area contributed by atoms with E-state index in [4.69, 9.17) is 5.11 Å². The molecular weight excluding hydrogens is 417 g/mol. The number of carboxylic acid groups (broad SMARTS) is 1. The van der Waals surface area contributed by atoms with E-state index in [2.05, 4.69) is 15.3 Å². The molecule has 0 bridgehead atoms. The molecule has 31 heavy (non-hydrogen) atoms. The first kappa shape index (κ1) is 22.4. The van der Waals surface area contributed by atoms with Gasteiger partial charge in [-0.15, -0.1) is 0 Å². The molecular formula is C20H21F3N4O4. The number of aromatic nitrogens is 3. The Balaban J connectivity index is 1.91. The molecule has 1 atom stereocenters. The molecule has 1 unspecified atom stereocenters. The molecule has 0 saturated heterocycles. The summed E-state index contributed by atoms with van der Waals surface area (Å²) in [4.78, 5) is 43.3. The van der Waals surface area contributed by atoms with E-state index in [1.165, 1.54) is 12.1 Å². The fraction of sp³-hybridized carbons (Fsp3) is 0.450. The summed E-state index contributed by atoms with van der Waals surface area (Å²) >= 11 is 0. The molecule has 1 fully saturated rings. The maximum absolute atomic E-state index is 13.1. The predicted molar refractivity (Wildman–Crippen MR) is 104 cm³/mol. The number of alkyl halides is 3. The van der Waals surface area contributed by atoms with Gasteiger partial charge in [-0.25, -0.2) is 14.8 Å². The van der Waals surface area contributed by atoms with Crippen molar-refractivity contribution < 1.29 is 27.9 Å². The summed E-state index contributed by atoms with van der Waals surface area (Å²) in [6, 6.07) is 1.32. The first-order chi connectivity index (χ1) is 14.6. The lowest BCUT2D eigenvalue weighted by Crippen LogP contribution is -2.36. The highest BCUT2D eigenvalue weighted by Crippen LogP contribution is 2.32. The number of hydrogen-bond donors (Lipinski definition) is 2. The van der Waals surface area contributed by atoms with E-state index in [1.807, 2.05) is 0 Å². The van der Waals surface area contributed by atoms with Crippen LogP contribution in [0, 0.1) is 5.92 Å². The Morgan fingerprint density at radius 1 is 1.16 bits per heavy atom. The topological polar surface area (TPSA) is 114 Å². The zero-order valence-corrected chi connectivity index (χ0v) is 16.4. The summed E-state index contributed by atoms with van der Waals surface area (Å²) in [5, 5.41) is 11.4. The summed E-state index contributed by atoms with van der Waals surface area (Å²) in [7, 11) is 0.